The largest absolute Gasteiger partial charge is 0.422 e. The highest BCUT2D eigenvalue weighted by Gasteiger charge is 2.49. The molecule has 54 heavy (non-hydrogen) atoms. The number of hydrogen-bond donors (Lipinski definition) is 0. The quantitative estimate of drug-likeness (QED) is 0.149. The maximum atomic E-state index is 15.0. The molecular formula is C30Cl6F15N3. The molecule has 1 fully saturated rings. The molecule has 1 aliphatic carbocycles. The third-order valence-corrected chi connectivity index (χ3v) is 9.29. The minimum absolute atomic E-state index is 1.14. The SMILES string of the molecule is N#CC(=C1C(=C(C#N)c2c(Cl)c(F)c(C(F)(F)F)c(F)c2Cl)C1=C(C#N)c1c(Cl)c(F)c(C(F)(F)F)c(F)c1Cl)c1c(Cl)c(F)c(C(F)(F)F)c(F)c1Cl. The Kier molecular flexibility index (Phi) is 11.3. The molecule has 0 aromatic heterocycles. The van der Waals surface area contributed by atoms with E-state index < -0.39 is 150 Å². The van der Waals surface area contributed by atoms with Crippen molar-refractivity contribution in [2.45, 2.75) is 18.5 Å². The smallest absolute Gasteiger partial charge is 0.205 e. The molecule has 0 amide bonds. The summed E-state index contributed by atoms with van der Waals surface area (Å²) in [5, 5.41) is 19.4. The van der Waals surface area contributed by atoms with Crippen LogP contribution in [0.25, 0.3) is 16.7 Å². The molecule has 3 nitrogen and oxygen atoms in total. The van der Waals surface area contributed by atoms with Crippen molar-refractivity contribution >= 4 is 86.3 Å². The number of hydrogen-bond acceptors (Lipinski definition) is 3. The first-order valence-corrected chi connectivity index (χ1v) is 15.2. The van der Waals surface area contributed by atoms with E-state index in [0.717, 1.165) is 18.2 Å². The topological polar surface area (TPSA) is 71.4 Å². The van der Waals surface area contributed by atoms with E-state index in [2.05, 4.69) is 0 Å². The molecule has 3 aromatic carbocycles. The monoisotopic (exact) mass is 897 g/mol. The van der Waals surface area contributed by atoms with Crippen LogP contribution in [-0.2, 0) is 18.5 Å². The number of rotatable bonds is 3. The van der Waals surface area contributed by atoms with Crippen LogP contribution in [-0.4, -0.2) is 0 Å². The van der Waals surface area contributed by atoms with Gasteiger partial charge in [0.25, 0.3) is 0 Å². The van der Waals surface area contributed by atoms with Gasteiger partial charge in [-0.1, -0.05) is 69.6 Å². The Morgan fingerprint density at radius 3 is 0.611 bits per heavy atom. The highest BCUT2D eigenvalue weighted by molar-refractivity contribution is 6.41. The molecule has 1 saturated carbocycles. The van der Waals surface area contributed by atoms with Crippen molar-refractivity contribution in [1.29, 1.82) is 15.8 Å². The van der Waals surface area contributed by atoms with Gasteiger partial charge in [0.15, 0.2) is 34.9 Å². The second-order valence-corrected chi connectivity index (χ2v) is 12.4. The van der Waals surface area contributed by atoms with Gasteiger partial charge in [0.1, 0.15) is 34.9 Å². The number of benzene rings is 3. The van der Waals surface area contributed by atoms with Crippen LogP contribution in [0.5, 0.6) is 0 Å². The van der Waals surface area contributed by atoms with E-state index in [4.69, 9.17) is 69.6 Å². The van der Waals surface area contributed by atoms with Crippen molar-refractivity contribution in [3.63, 3.8) is 0 Å². The lowest BCUT2D eigenvalue weighted by molar-refractivity contribution is -0.143. The molecular weight excluding hydrogens is 900 g/mol. The van der Waals surface area contributed by atoms with E-state index in [0.29, 0.717) is 0 Å². The molecule has 3 aromatic rings. The average Bonchev–Trinajstić information content (AvgIpc) is 3.76. The van der Waals surface area contributed by atoms with Gasteiger partial charge >= 0.3 is 18.5 Å². The van der Waals surface area contributed by atoms with Crippen LogP contribution in [0.4, 0.5) is 65.9 Å². The summed E-state index contributed by atoms with van der Waals surface area (Å²) in [5.41, 5.74) is -20.9. The van der Waals surface area contributed by atoms with Gasteiger partial charge < -0.3 is 0 Å². The zero-order chi connectivity index (χ0) is 41.5. The molecule has 0 aliphatic heterocycles. The first-order chi connectivity index (χ1) is 24.6. The second kappa shape index (κ2) is 14.3. The average molecular weight is 900 g/mol. The van der Waals surface area contributed by atoms with Crippen molar-refractivity contribution in [2.75, 3.05) is 0 Å². The first kappa shape index (κ1) is 42.8. The molecule has 0 heterocycles. The van der Waals surface area contributed by atoms with E-state index in [1.165, 1.54) is 0 Å². The lowest BCUT2D eigenvalue weighted by Crippen LogP contribution is -2.14. The summed E-state index contributed by atoms with van der Waals surface area (Å²) in [5.74, 6) is -15.8. The lowest BCUT2D eigenvalue weighted by atomic mass is 9.99. The van der Waals surface area contributed by atoms with Crippen molar-refractivity contribution < 1.29 is 65.9 Å². The summed E-state index contributed by atoms with van der Waals surface area (Å²) in [4.78, 5) is 0. The predicted molar refractivity (Wildman–Crippen MR) is 162 cm³/mol. The summed E-state index contributed by atoms with van der Waals surface area (Å²) in [6.07, 6.45) is -17.6. The van der Waals surface area contributed by atoms with Crippen molar-refractivity contribution in [2.24, 2.45) is 0 Å². The van der Waals surface area contributed by atoms with Crippen LogP contribution < -0.4 is 0 Å². The van der Waals surface area contributed by atoms with Crippen LogP contribution in [0.15, 0.2) is 16.7 Å². The number of allylic oxidation sites excluding steroid dienone is 6. The minimum atomic E-state index is -5.86. The van der Waals surface area contributed by atoms with E-state index >= 15 is 0 Å². The summed E-state index contributed by atoms with van der Waals surface area (Å²) < 4.78 is 211. The van der Waals surface area contributed by atoms with Crippen molar-refractivity contribution in [3.8, 4) is 18.2 Å². The van der Waals surface area contributed by atoms with Gasteiger partial charge in [0.05, 0.1) is 46.9 Å². The molecule has 0 bridgehead atoms. The summed E-state index contributed by atoms with van der Waals surface area (Å²) in [6, 6.07) is 3.42. The predicted octanol–water partition coefficient (Wildman–Crippen LogP) is 13.7. The molecule has 4 rings (SSSR count). The van der Waals surface area contributed by atoms with Crippen LogP contribution in [0.3, 0.4) is 0 Å². The summed E-state index contributed by atoms with van der Waals surface area (Å²) in [7, 11) is 0. The zero-order valence-corrected chi connectivity index (χ0v) is 28.8. The van der Waals surface area contributed by atoms with Gasteiger partial charge in [-0.25, -0.2) is 26.3 Å². The number of halogens is 21. The van der Waals surface area contributed by atoms with Crippen LogP contribution in [0, 0.1) is 68.9 Å². The Morgan fingerprint density at radius 1 is 0.352 bits per heavy atom. The standard InChI is InChI=1S/C30Cl6F15N3/c31-16-10(17(32)23(38)13(22(16)37)28(43,44)45)4(1-52)7-8(5(2-53)11-18(33)24(39)14(29(46,47)48)25(40)19(11)34)9(7)6(3-54)12-20(35)26(41)15(30(49,50)51)27(42)21(12)36. The lowest BCUT2D eigenvalue weighted by Gasteiger charge is -2.15. The molecule has 282 valence electrons. The summed E-state index contributed by atoms with van der Waals surface area (Å²) in [6.45, 7) is 0. The molecule has 0 saturated heterocycles. The van der Waals surface area contributed by atoms with Gasteiger partial charge in [-0.05, 0) is 0 Å². The van der Waals surface area contributed by atoms with Crippen LogP contribution >= 0.6 is 69.6 Å². The maximum absolute atomic E-state index is 15.0. The fourth-order valence-corrected chi connectivity index (χ4v) is 6.79. The number of alkyl halides is 9. The Bertz CT molecular complexity index is 2090. The molecule has 0 atom stereocenters. The Balaban J connectivity index is 2.38. The molecule has 0 N–H and O–H groups in total. The fraction of sp³-hybridized carbons (Fsp3) is 0.100. The van der Waals surface area contributed by atoms with Crippen molar-refractivity contribution in [3.05, 3.63) is 115 Å². The van der Waals surface area contributed by atoms with Gasteiger partial charge in [0, 0.05) is 33.4 Å². The minimum Gasteiger partial charge on any atom is -0.205 e. The third-order valence-electron chi connectivity index (χ3n) is 7.16. The highest BCUT2D eigenvalue weighted by Crippen LogP contribution is 2.60. The van der Waals surface area contributed by atoms with E-state index in [9.17, 15) is 81.6 Å². The molecule has 0 radical (unpaired) electrons. The summed E-state index contributed by atoms with van der Waals surface area (Å²) >= 11 is 34.3. The Morgan fingerprint density at radius 2 is 0.500 bits per heavy atom. The first-order valence-electron chi connectivity index (χ1n) is 12.9. The highest BCUT2D eigenvalue weighted by atomic mass is 35.5. The third kappa shape index (κ3) is 6.69. The van der Waals surface area contributed by atoms with E-state index in [1.807, 2.05) is 0 Å². The van der Waals surface area contributed by atoms with Gasteiger partial charge in [-0.2, -0.15) is 55.3 Å². The molecule has 0 spiro atoms. The molecule has 0 unspecified atom stereocenters. The van der Waals surface area contributed by atoms with Gasteiger partial charge in [-0.3, -0.25) is 0 Å². The van der Waals surface area contributed by atoms with Crippen molar-refractivity contribution in [1.82, 2.24) is 0 Å². The molecule has 1 aliphatic rings. The van der Waals surface area contributed by atoms with E-state index in [1.54, 1.807) is 0 Å². The second-order valence-electron chi connectivity index (χ2n) is 10.1. The van der Waals surface area contributed by atoms with E-state index in [-0.39, 0.29) is 0 Å². The Hall–Kier alpha value is -3.96. The normalized spacial score (nSPS) is 13.1. The van der Waals surface area contributed by atoms with Gasteiger partial charge in [-0.15, -0.1) is 0 Å². The maximum Gasteiger partial charge on any atom is 0.422 e. The van der Waals surface area contributed by atoms with Crippen LogP contribution in [0.2, 0.25) is 30.1 Å². The number of nitriles is 3. The zero-order valence-electron chi connectivity index (χ0n) is 24.3. The van der Waals surface area contributed by atoms with Gasteiger partial charge in [0.2, 0.25) is 0 Å². The number of nitrogens with zero attached hydrogens (tertiary/aromatic N) is 3. The molecule has 24 heteroatoms. The fourth-order valence-electron chi connectivity index (χ4n) is 4.95. The van der Waals surface area contributed by atoms with Crippen LogP contribution in [0.1, 0.15) is 33.4 Å². The Labute approximate surface area is 318 Å².